The minimum absolute atomic E-state index is 0.0513. The fourth-order valence-electron chi connectivity index (χ4n) is 4.48. The molecule has 2 heterocycles. The van der Waals surface area contributed by atoms with E-state index < -0.39 is 5.79 Å². The molecular formula is C22H26N4O3S. The van der Waals surface area contributed by atoms with Crippen LogP contribution in [0.3, 0.4) is 0 Å². The Bertz CT molecular complexity index is 977. The molecule has 30 heavy (non-hydrogen) atoms. The molecule has 0 bridgehead atoms. The van der Waals surface area contributed by atoms with Gasteiger partial charge in [-0.3, -0.25) is 4.79 Å². The van der Waals surface area contributed by atoms with Gasteiger partial charge >= 0.3 is 0 Å². The maximum atomic E-state index is 12.6. The minimum atomic E-state index is -0.495. The number of anilines is 1. The van der Waals surface area contributed by atoms with Crippen molar-refractivity contribution in [3.05, 3.63) is 24.0 Å². The summed E-state index contributed by atoms with van der Waals surface area (Å²) in [5, 5.41) is 12.6. The van der Waals surface area contributed by atoms with Crippen LogP contribution in [0.4, 0.5) is 5.69 Å². The van der Waals surface area contributed by atoms with Gasteiger partial charge in [-0.25, -0.2) is 0 Å². The number of carbonyl (C=O) groups excluding carboxylic acids is 1. The zero-order chi connectivity index (χ0) is 20.1. The van der Waals surface area contributed by atoms with Crippen molar-refractivity contribution in [1.82, 2.24) is 14.8 Å². The van der Waals surface area contributed by atoms with Crippen LogP contribution in [0.15, 0.2) is 23.4 Å². The molecule has 0 saturated heterocycles. The fraction of sp³-hybridized carbons (Fsp3) is 0.591. The molecule has 1 spiro atoms. The van der Waals surface area contributed by atoms with Crippen LogP contribution in [0.25, 0.3) is 0 Å². The monoisotopic (exact) mass is 426 g/mol. The van der Waals surface area contributed by atoms with E-state index in [1.807, 2.05) is 18.2 Å². The molecule has 0 unspecified atom stereocenters. The van der Waals surface area contributed by atoms with Crippen LogP contribution in [0.1, 0.15) is 75.6 Å². The number of carbonyl (C=O) groups is 1. The van der Waals surface area contributed by atoms with Crippen LogP contribution in [0, 0.1) is 0 Å². The first kappa shape index (κ1) is 18.5. The molecule has 1 amide bonds. The molecule has 1 aromatic heterocycles. The number of hydrogen-bond donors (Lipinski definition) is 1. The number of aromatic nitrogens is 3. The van der Waals surface area contributed by atoms with Crippen molar-refractivity contribution in [2.45, 2.75) is 80.7 Å². The molecule has 3 aliphatic carbocycles. The Morgan fingerprint density at radius 3 is 2.67 bits per heavy atom. The summed E-state index contributed by atoms with van der Waals surface area (Å²) in [5.41, 5.74) is 0.734. The Labute approximate surface area is 179 Å². The first-order chi connectivity index (χ1) is 14.7. The second kappa shape index (κ2) is 7.18. The van der Waals surface area contributed by atoms with E-state index in [4.69, 9.17) is 9.47 Å². The first-order valence-corrected chi connectivity index (χ1v) is 12.1. The number of amides is 1. The van der Waals surface area contributed by atoms with Gasteiger partial charge in [-0.2, -0.15) is 0 Å². The molecule has 1 aromatic carbocycles. The first-order valence-electron chi connectivity index (χ1n) is 11.1. The molecule has 0 atom stereocenters. The van der Waals surface area contributed by atoms with Gasteiger partial charge < -0.3 is 19.4 Å². The summed E-state index contributed by atoms with van der Waals surface area (Å²) in [7, 11) is 0. The normalized spacial score (nSPS) is 21.7. The van der Waals surface area contributed by atoms with Crippen LogP contribution in [0.2, 0.25) is 0 Å². The highest BCUT2D eigenvalue weighted by Gasteiger charge is 2.42. The number of ether oxygens (including phenoxy) is 2. The summed E-state index contributed by atoms with van der Waals surface area (Å²) in [6.07, 6.45) is 10.1. The summed E-state index contributed by atoms with van der Waals surface area (Å²) in [6.45, 7) is 0. The smallest absolute Gasteiger partial charge is 0.251 e. The van der Waals surface area contributed by atoms with Crippen molar-refractivity contribution < 1.29 is 14.3 Å². The van der Waals surface area contributed by atoms with E-state index in [0.717, 1.165) is 53.9 Å². The highest BCUT2D eigenvalue weighted by atomic mass is 32.2. The summed E-state index contributed by atoms with van der Waals surface area (Å²) in [6, 6.07) is 6.18. The molecule has 6 rings (SSSR count). The van der Waals surface area contributed by atoms with Gasteiger partial charge in [0.2, 0.25) is 5.91 Å². The van der Waals surface area contributed by atoms with Crippen molar-refractivity contribution in [2.75, 3.05) is 11.1 Å². The third-order valence-corrected chi connectivity index (χ3v) is 7.26. The third kappa shape index (κ3) is 3.55. The van der Waals surface area contributed by atoms with E-state index in [0.29, 0.717) is 17.7 Å². The van der Waals surface area contributed by atoms with Gasteiger partial charge in [-0.1, -0.05) is 18.2 Å². The van der Waals surface area contributed by atoms with E-state index in [1.165, 1.54) is 43.9 Å². The lowest BCUT2D eigenvalue weighted by molar-refractivity contribution is -0.113. The number of benzene rings is 1. The van der Waals surface area contributed by atoms with Gasteiger partial charge in [0.1, 0.15) is 5.82 Å². The lowest BCUT2D eigenvalue weighted by Crippen LogP contribution is -2.40. The van der Waals surface area contributed by atoms with E-state index in [9.17, 15) is 4.79 Å². The van der Waals surface area contributed by atoms with Crippen molar-refractivity contribution in [3.63, 3.8) is 0 Å². The van der Waals surface area contributed by atoms with Gasteiger partial charge in [0, 0.05) is 36.6 Å². The molecule has 4 aliphatic rings. The zero-order valence-corrected chi connectivity index (χ0v) is 17.7. The molecule has 7 nitrogen and oxygen atoms in total. The van der Waals surface area contributed by atoms with Gasteiger partial charge in [0.05, 0.1) is 5.75 Å². The summed E-state index contributed by atoms with van der Waals surface area (Å²) in [5.74, 6) is 2.96. The van der Waals surface area contributed by atoms with Crippen molar-refractivity contribution >= 4 is 23.4 Å². The number of nitrogens with one attached hydrogen (secondary N) is 1. The maximum Gasteiger partial charge on any atom is 0.251 e. The number of fused-ring (bicyclic) bond motifs is 1. The molecule has 8 heteroatoms. The number of nitrogens with zero attached hydrogens (tertiary/aromatic N) is 3. The summed E-state index contributed by atoms with van der Waals surface area (Å²) in [4.78, 5) is 12.6. The number of rotatable bonds is 6. The van der Waals surface area contributed by atoms with Gasteiger partial charge in [0.15, 0.2) is 16.7 Å². The van der Waals surface area contributed by atoms with Crippen molar-refractivity contribution in [1.29, 1.82) is 0 Å². The molecule has 2 aromatic rings. The lowest BCUT2D eigenvalue weighted by atomic mass is 9.94. The third-order valence-electron chi connectivity index (χ3n) is 6.31. The molecular weight excluding hydrogens is 400 g/mol. The van der Waals surface area contributed by atoms with Gasteiger partial charge in [-0.15, -0.1) is 10.2 Å². The molecule has 1 N–H and O–H groups in total. The van der Waals surface area contributed by atoms with Crippen LogP contribution in [-0.2, 0) is 4.79 Å². The Balaban J connectivity index is 1.09. The van der Waals surface area contributed by atoms with Crippen molar-refractivity contribution in [3.8, 4) is 11.5 Å². The molecule has 3 fully saturated rings. The van der Waals surface area contributed by atoms with Gasteiger partial charge in [-0.05, 0) is 50.7 Å². The van der Waals surface area contributed by atoms with E-state index in [-0.39, 0.29) is 5.91 Å². The highest BCUT2D eigenvalue weighted by Crippen LogP contribution is 2.47. The van der Waals surface area contributed by atoms with Crippen LogP contribution < -0.4 is 14.8 Å². The van der Waals surface area contributed by atoms with Crippen molar-refractivity contribution in [2.24, 2.45) is 0 Å². The van der Waals surface area contributed by atoms with Crippen LogP contribution >= 0.6 is 11.8 Å². The average molecular weight is 427 g/mol. The van der Waals surface area contributed by atoms with Gasteiger partial charge in [0.25, 0.3) is 5.79 Å². The lowest BCUT2D eigenvalue weighted by Gasteiger charge is -2.31. The Hall–Kier alpha value is -2.22. The number of thioether (sulfide) groups is 1. The molecule has 158 valence electrons. The number of hydrogen-bond acceptors (Lipinski definition) is 6. The molecule has 3 saturated carbocycles. The minimum Gasteiger partial charge on any atom is -0.448 e. The zero-order valence-electron chi connectivity index (χ0n) is 16.9. The van der Waals surface area contributed by atoms with Crippen LogP contribution in [-0.4, -0.2) is 32.2 Å². The Morgan fingerprint density at radius 2 is 1.90 bits per heavy atom. The predicted octanol–water partition coefficient (Wildman–Crippen LogP) is 4.65. The van der Waals surface area contributed by atoms with E-state index in [2.05, 4.69) is 20.1 Å². The highest BCUT2D eigenvalue weighted by molar-refractivity contribution is 7.99. The summed E-state index contributed by atoms with van der Waals surface area (Å²) < 4.78 is 14.6. The molecule has 0 radical (unpaired) electrons. The largest absolute Gasteiger partial charge is 0.448 e. The predicted molar refractivity (Wildman–Crippen MR) is 113 cm³/mol. The average Bonchev–Trinajstić information content (AvgIpc) is 3.68. The fourth-order valence-corrected chi connectivity index (χ4v) is 5.29. The topological polar surface area (TPSA) is 78.3 Å². The molecule has 1 aliphatic heterocycles. The second-order valence-corrected chi connectivity index (χ2v) is 9.83. The Morgan fingerprint density at radius 1 is 1.10 bits per heavy atom. The second-order valence-electron chi connectivity index (χ2n) is 8.89. The van der Waals surface area contributed by atoms with E-state index >= 15 is 0 Å². The standard InChI is InChI=1S/C22H26N4O3S/c27-19(13-30-21-25-24-20(14-4-5-14)26(21)16-7-8-16)23-15-6-9-17-18(12-15)29-22(28-17)10-2-1-3-11-22/h6,9,12,14,16H,1-5,7-8,10-11,13H2,(H,23,27). The Kier molecular flexibility index (Phi) is 4.44. The van der Waals surface area contributed by atoms with E-state index in [1.54, 1.807) is 0 Å². The van der Waals surface area contributed by atoms with Crippen LogP contribution in [0.5, 0.6) is 11.5 Å². The maximum absolute atomic E-state index is 12.6. The quantitative estimate of drug-likeness (QED) is 0.677. The SMILES string of the molecule is O=C(CSc1nnc(C2CC2)n1C1CC1)Nc1ccc2c(c1)OC1(CCCCC1)O2. The summed E-state index contributed by atoms with van der Waals surface area (Å²) >= 11 is 1.47.